The molecule has 0 atom stereocenters. The fraction of sp³-hybridized carbons (Fsp3) is 0.278. The van der Waals surface area contributed by atoms with Gasteiger partial charge in [0.25, 0.3) is 0 Å². The number of aromatic nitrogens is 2. The standard InChI is InChI=1S/C18H20N4OS/c1-10(2)17(23)22-21-16-15-14(8-24-18(15)20-9-19-16)13-6-5-11(3)12(4)7-13/h5-10H,1-4H3,(H,22,23)(H,19,20,21). The van der Waals surface area contributed by atoms with E-state index in [4.69, 9.17) is 0 Å². The molecule has 0 unspecified atom stereocenters. The van der Waals surface area contributed by atoms with Crippen molar-refractivity contribution >= 4 is 33.3 Å². The van der Waals surface area contributed by atoms with Crippen molar-refractivity contribution in [3.05, 3.63) is 41.0 Å². The van der Waals surface area contributed by atoms with Gasteiger partial charge in [0.2, 0.25) is 5.91 Å². The lowest BCUT2D eigenvalue weighted by atomic mass is 10.0. The second-order valence-electron chi connectivity index (χ2n) is 6.12. The molecule has 6 heteroatoms. The number of thiophene rings is 1. The highest BCUT2D eigenvalue weighted by Crippen LogP contribution is 2.36. The summed E-state index contributed by atoms with van der Waals surface area (Å²) in [6.07, 6.45) is 1.51. The Morgan fingerprint density at radius 2 is 1.96 bits per heavy atom. The minimum atomic E-state index is -0.100. The van der Waals surface area contributed by atoms with Crippen LogP contribution in [0.25, 0.3) is 21.3 Å². The van der Waals surface area contributed by atoms with Crippen molar-refractivity contribution in [2.45, 2.75) is 27.7 Å². The Morgan fingerprint density at radius 1 is 1.17 bits per heavy atom. The van der Waals surface area contributed by atoms with Crippen LogP contribution in [0.2, 0.25) is 0 Å². The Hall–Kier alpha value is -2.47. The maximum absolute atomic E-state index is 11.8. The van der Waals surface area contributed by atoms with E-state index in [0.717, 1.165) is 21.3 Å². The topological polar surface area (TPSA) is 66.9 Å². The lowest BCUT2D eigenvalue weighted by Crippen LogP contribution is -2.33. The first-order valence-corrected chi connectivity index (χ1v) is 8.71. The number of amides is 1. The van der Waals surface area contributed by atoms with E-state index in [-0.39, 0.29) is 11.8 Å². The van der Waals surface area contributed by atoms with Crippen LogP contribution in [0.3, 0.4) is 0 Å². The van der Waals surface area contributed by atoms with Gasteiger partial charge >= 0.3 is 0 Å². The summed E-state index contributed by atoms with van der Waals surface area (Å²) < 4.78 is 0. The highest BCUT2D eigenvalue weighted by molar-refractivity contribution is 7.17. The third-order valence-electron chi connectivity index (χ3n) is 4.02. The van der Waals surface area contributed by atoms with Crippen LogP contribution in [-0.4, -0.2) is 15.9 Å². The lowest BCUT2D eigenvalue weighted by molar-refractivity contribution is -0.123. The summed E-state index contributed by atoms with van der Waals surface area (Å²) in [6, 6.07) is 6.39. The summed E-state index contributed by atoms with van der Waals surface area (Å²) in [5.74, 6) is 0.435. The fourth-order valence-corrected chi connectivity index (χ4v) is 3.27. The van der Waals surface area contributed by atoms with Gasteiger partial charge in [-0.2, -0.15) is 0 Å². The third kappa shape index (κ3) is 3.10. The number of fused-ring (bicyclic) bond motifs is 1. The molecule has 3 rings (SSSR count). The molecule has 5 nitrogen and oxygen atoms in total. The average Bonchev–Trinajstić information content (AvgIpc) is 2.99. The molecule has 0 radical (unpaired) electrons. The monoisotopic (exact) mass is 340 g/mol. The summed E-state index contributed by atoms with van der Waals surface area (Å²) in [4.78, 5) is 21.4. The molecule has 0 bridgehead atoms. The van der Waals surface area contributed by atoms with Gasteiger partial charge in [0.05, 0.1) is 5.39 Å². The van der Waals surface area contributed by atoms with E-state index in [9.17, 15) is 4.79 Å². The highest BCUT2D eigenvalue weighted by atomic mass is 32.1. The minimum absolute atomic E-state index is 0.0790. The molecule has 1 aromatic carbocycles. The molecule has 124 valence electrons. The number of nitrogens with one attached hydrogen (secondary N) is 2. The van der Waals surface area contributed by atoms with E-state index in [0.29, 0.717) is 5.82 Å². The zero-order valence-corrected chi connectivity index (χ0v) is 15.0. The van der Waals surface area contributed by atoms with Crippen molar-refractivity contribution in [3.8, 4) is 11.1 Å². The number of hydrazine groups is 1. The molecule has 24 heavy (non-hydrogen) atoms. The molecule has 0 fully saturated rings. The first-order chi connectivity index (χ1) is 11.5. The summed E-state index contributed by atoms with van der Waals surface area (Å²) in [5, 5.41) is 3.01. The molecule has 0 aliphatic rings. The quantitative estimate of drug-likeness (QED) is 0.703. The Morgan fingerprint density at radius 3 is 2.67 bits per heavy atom. The van der Waals surface area contributed by atoms with Gasteiger partial charge < -0.3 is 0 Å². The Labute approximate surface area is 145 Å². The number of rotatable bonds is 4. The summed E-state index contributed by atoms with van der Waals surface area (Å²) >= 11 is 1.57. The van der Waals surface area contributed by atoms with Crippen LogP contribution < -0.4 is 10.9 Å². The highest BCUT2D eigenvalue weighted by Gasteiger charge is 2.14. The summed E-state index contributed by atoms with van der Waals surface area (Å²) in [5.41, 5.74) is 10.3. The number of hydrogen-bond donors (Lipinski definition) is 2. The Kier molecular flexibility index (Phi) is 4.49. The van der Waals surface area contributed by atoms with Gasteiger partial charge in [-0.25, -0.2) is 9.97 Å². The maximum Gasteiger partial charge on any atom is 0.240 e. The summed E-state index contributed by atoms with van der Waals surface area (Å²) in [6.45, 7) is 7.89. The third-order valence-corrected chi connectivity index (χ3v) is 4.90. The van der Waals surface area contributed by atoms with E-state index in [2.05, 4.69) is 58.2 Å². The van der Waals surface area contributed by atoms with Crippen LogP contribution in [0.4, 0.5) is 5.82 Å². The molecule has 3 aromatic rings. The number of carbonyl (C=O) groups is 1. The van der Waals surface area contributed by atoms with E-state index >= 15 is 0 Å². The Bertz CT molecular complexity index is 901. The molecule has 2 heterocycles. The van der Waals surface area contributed by atoms with Crippen LogP contribution in [0.1, 0.15) is 25.0 Å². The number of carbonyl (C=O) groups excluding carboxylic acids is 1. The van der Waals surface area contributed by atoms with Gasteiger partial charge in [0.15, 0.2) is 5.82 Å². The summed E-state index contributed by atoms with van der Waals surface area (Å²) in [7, 11) is 0. The van der Waals surface area contributed by atoms with Gasteiger partial charge in [-0.05, 0) is 30.5 Å². The van der Waals surface area contributed by atoms with E-state index in [1.165, 1.54) is 17.5 Å². The van der Waals surface area contributed by atoms with Crippen molar-refractivity contribution in [2.75, 3.05) is 5.43 Å². The first-order valence-electron chi connectivity index (χ1n) is 7.83. The fourth-order valence-electron chi connectivity index (χ4n) is 2.36. The molecule has 0 aliphatic heterocycles. The molecule has 1 amide bonds. The van der Waals surface area contributed by atoms with Crippen molar-refractivity contribution in [3.63, 3.8) is 0 Å². The predicted molar refractivity (Wildman–Crippen MR) is 98.9 cm³/mol. The van der Waals surface area contributed by atoms with Crippen molar-refractivity contribution < 1.29 is 4.79 Å². The van der Waals surface area contributed by atoms with E-state index < -0.39 is 0 Å². The molecule has 2 N–H and O–H groups in total. The van der Waals surface area contributed by atoms with Crippen molar-refractivity contribution in [2.24, 2.45) is 5.92 Å². The van der Waals surface area contributed by atoms with Gasteiger partial charge in [-0.1, -0.05) is 32.0 Å². The lowest BCUT2D eigenvalue weighted by Gasteiger charge is -2.11. The molecule has 0 spiro atoms. The molecule has 0 saturated heterocycles. The molecule has 2 aromatic heterocycles. The van der Waals surface area contributed by atoms with Gasteiger partial charge in [-0.3, -0.25) is 15.6 Å². The van der Waals surface area contributed by atoms with E-state index in [1.54, 1.807) is 11.3 Å². The van der Waals surface area contributed by atoms with Crippen molar-refractivity contribution in [1.82, 2.24) is 15.4 Å². The second kappa shape index (κ2) is 6.57. The van der Waals surface area contributed by atoms with Crippen LogP contribution in [0.5, 0.6) is 0 Å². The van der Waals surface area contributed by atoms with Gasteiger partial charge in [0, 0.05) is 16.9 Å². The number of nitrogens with zero attached hydrogens (tertiary/aromatic N) is 2. The molecule has 0 saturated carbocycles. The molecular formula is C18H20N4OS. The van der Waals surface area contributed by atoms with Crippen LogP contribution >= 0.6 is 11.3 Å². The number of anilines is 1. The zero-order chi connectivity index (χ0) is 17.3. The zero-order valence-electron chi connectivity index (χ0n) is 14.2. The smallest absolute Gasteiger partial charge is 0.240 e. The SMILES string of the molecule is Cc1ccc(-c2csc3ncnc(NNC(=O)C(C)C)c23)cc1C. The first kappa shape index (κ1) is 16.4. The van der Waals surface area contributed by atoms with Gasteiger partial charge in [0.1, 0.15) is 11.2 Å². The molecule has 0 aliphatic carbocycles. The predicted octanol–water partition coefficient (Wildman–Crippen LogP) is 4.07. The van der Waals surface area contributed by atoms with Crippen molar-refractivity contribution in [1.29, 1.82) is 0 Å². The van der Waals surface area contributed by atoms with Crippen LogP contribution in [-0.2, 0) is 4.79 Å². The van der Waals surface area contributed by atoms with Crippen LogP contribution in [0, 0.1) is 19.8 Å². The van der Waals surface area contributed by atoms with E-state index in [1.807, 2.05) is 13.8 Å². The average molecular weight is 340 g/mol. The van der Waals surface area contributed by atoms with Crippen LogP contribution in [0.15, 0.2) is 29.9 Å². The number of hydrogen-bond acceptors (Lipinski definition) is 5. The Balaban J connectivity index is 2.03. The number of aryl methyl sites for hydroxylation is 2. The maximum atomic E-state index is 11.8. The minimum Gasteiger partial charge on any atom is -0.281 e. The second-order valence-corrected chi connectivity index (χ2v) is 6.98. The normalized spacial score (nSPS) is 11.0. The van der Waals surface area contributed by atoms with Gasteiger partial charge in [-0.15, -0.1) is 11.3 Å². The number of benzene rings is 1. The molecular weight excluding hydrogens is 320 g/mol. The largest absolute Gasteiger partial charge is 0.281 e.